The van der Waals surface area contributed by atoms with E-state index in [1.165, 1.54) is 0 Å². The molecule has 0 aliphatic heterocycles. The largest absolute Gasteiger partial charge is 0.493 e. The summed E-state index contributed by atoms with van der Waals surface area (Å²) in [4.78, 5) is 12.7. The summed E-state index contributed by atoms with van der Waals surface area (Å²) in [5.74, 6) is 2.50. The zero-order chi connectivity index (χ0) is 29.1. The lowest BCUT2D eigenvalue weighted by Crippen LogP contribution is -2.40. The van der Waals surface area contributed by atoms with Gasteiger partial charge in [-0.05, 0) is 88.3 Å². The molecule has 2 rings (SSSR count). The number of carbonyl (C=O) groups is 1. The van der Waals surface area contributed by atoms with Crippen LogP contribution in [0.1, 0.15) is 70.9 Å². The quantitative estimate of drug-likeness (QED) is 0.289. The molecule has 2 atom stereocenters. The molecule has 0 saturated carbocycles. The SMILES string of the molecule is CCCC(C#N)(CCC[C@H](Cc1ccc(OC)c(OC)c1)NC(=O)OC(C)(C)C)c1ccc(OC)c(OC)c1. The van der Waals surface area contributed by atoms with Crippen molar-refractivity contribution in [1.82, 2.24) is 5.32 Å². The number of alkyl carbamates (subject to hydrolysis) is 1. The number of nitrogens with zero attached hydrogens (tertiary/aromatic N) is 1. The second kappa shape index (κ2) is 14.5. The van der Waals surface area contributed by atoms with Crippen molar-refractivity contribution in [3.8, 4) is 29.1 Å². The standard InChI is InChI=1S/C31H44N2O6/c1-9-16-31(21-32,23-13-15-26(36-6)28(20-23)38-8)17-10-11-24(33-29(34)39-30(2,3)4)18-22-12-14-25(35-5)27(19-22)37-7/h12-15,19-20,24H,9-11,16-18H2,1-8H3,(H,33,34)/t24-,31?/m1/s1. The van der Waals surface area contributed by atoms with Gasteiger partial charge in [-0.25, -0.2) is 4.79 Å². The Morgan fingerprint density at radius 2 is 1.49 bits per heavy atom. The van der Waals surface area contributed by atoms with Crippen molar-refractivity contribution in [1.29, 1.82) is 5.26 Å². The van der Waals surface area contributed by atoms with Crippen LogP contribution < -0.4 is 24.3 Å². The van der Waals surface area contributed by atoms with E-state index in [2.05, 4.69) is 18.3 Å². The highest BCUT2D eigenvalue weighted by Crippen LogP contribution is 2.39. The molecule has 0 saturated heterocycles. The van der Waals surface area contributed by atoms with Crippen molar-refractivity contribution in [2.45, 2.75) is 83.3 Å². The maximum atomic E-state index is 12.7. The van der Waals surface area contributed by atoms with Crippen LogP contribution in [0.4, 0.5) is 4.79 Å². The maximum Gasteiger partial charge on any atom is 0.407 e. The lowest BCUT2D eigenvalue weighted by Gasteiger charge is -2.29. The molecule has 2 aromatic carbocycles. The molecule has 0 aliphatic carbocycles. The number of amides is 1. The highest BCUT2D eigenvalue weighted by molar-refractivity contribution is 5.68. The fraction of sp³-hybridized carbons (Fsp3) is 0.548. The second-order valence-corrected chi connectivity index (χ2v) is 10.6. The predicted molar refractivity (Wildman–Crippen MR) is 152 cm³/mol. The summed E-state index contributed by atoms with van der Waals surface area (Å²) >= 11 is 0. The molecule has 1 N–H and O–H groups in total. The first-order valence-corrected chi connectivity index (χ1v) is 13.4. The van der Waals surface area contributed by atoms with Gasteiger partial charge < -0.3 is 29.0 Å². The van der Waals surface area contributed by atoms with Crippen molar-refractivity contribution < 1.29 is 28.5 Å². The Morgan fingerprint density at radius 1 is 0.897 bits per heavy atom. The third-order valence-electron chi connectivity index (χ3n) is 6.63. The molecule has 0 aromatic heterocycles. The molecule has 0 fully saturated rings. The summed E-state index contributed by atoms with van der Waals surface area (Å²) in [6.07, 6.45) is 3.68. The number of ether oxygens (including phenoxy) is 5. The summed E-state index contributed by atoms with van der Waals surface area (Å²) in [5.41, 5.74) is 0.603. The van der Waals surface area contributed by atoms with Gasteiger partial charge in [-0.2, -0.15) is 5.26 Å². The van der Waals surface area contributed by atoms with Gasteiger partial charge in [-0.1, -0.05) is 25.5 Å². The lowest BCUT2D eigenvalue weighted by atomic mass is 9.74. The van der Waals surface area contributed by atoms with Crippen molar-refractivity contribution in [3.63, 3.8) is 0 Å². The molecule has 0 radical (unpaired) electrons. The second-order valence-electron chi connectivity index (χ2n) is 10.6. The number of benzene rings is 2. The Labute approximate surface area is 233 Å². The first-order valence-electron chi connectivity index (χ1n) is 13.4. The van der Waals surface area contributed by atoms with E-state index in [1.807, 2.05) is 57.2 Å². The Hall–Kier alpha value is -3.60. The van der Waals surface area contributed by atoms with Gasteiger partial charge in [0.1, 0.15) is 5.60 Å². The number of rotatable bonds is 14. The minimum Gasteiger partial charge on any atom is -0.493 e. The van der Waals surface area contributed by atoms with E-state index in [1.54, 1.807) is 28.4 Å². The number of nitrogens with one attached hydrogen (secondary N) is 1. The fourth-order valence-corrected chi connectivity index (χ4v) is 4.79. The van der Waals surface area contributed by atoms with Crippen molar-refractivity contribution >= 4 is 6.09 Å². The van der Waals surface area contributed by atoms with E-state index in [4.69, 9.17) is 23.7 Å². The third-order valence-corrected chi connectivity index (χ3v) is 6.63. The molecule has 0 aliphatic rings. The van der Waals surface area contributed by atoms with Gasteiger partial charge in [0, 0.05) is 6.04 Å². The van der Waals surface area contributed by atoms with Crippen molar-refractivity contribution in [2.75, 3.05) is 28.4 Å². The number of carbonyl (C=O) groups excluding carboxylic acids is 1. The molecular weight excluding hydrogens is 496 g/mol. The topological polar surface area (TPSA) is 99.0 Å². The van der Waals surface area contributed by atoms with E-state index in [0.29, 0.717) is 48.7 Å². The highest BCUT2D eigenvalue weighted by Gasteiger charge is 2.32. The van der Waals surface area contributed by atoms with Crippen LogP contribution in [-0.2, 0) is 16.6 Å². The van der Waals surface area contributed by atoms with Crippen LogP contribution in [0.15, 0.2) is 36.4 Å². The summed E-state index contributed by atoms with van der Waals surface area (Å²) < 4.78 is 27.3. The minimum absolute atomic E-state index is 0.207. The van der Waals surface area contributed by atoms with Gasteiger partial charge in [-0.15, -0.1) is 0 Å². The van der Waals surface area contributed by atoms with E-state index in [-0.39, 0.29) is 6.04 Å². The molecule has 214 valence electrons. The Kier molecular flexibility index (Phi) is 11.8. The van der Waals surface area contributed by atoms with Crippen LogP contribution in [-0.4, -0.2) is 46.2 Å². The molecule has 0 heterocycles. The monoisotopic (exact) mass is 540 g/mol. The molecule has 1 amide bonds. The molecule has 1 unspecified atom stereocenters. The van der Waals surface area contributed by atoms with Gasteiger partial charge in [0.05, 0.1) is 39.9 Å². The molecule has 8 nitrogen and oxygen atoms in total. The summed E-state index contributed by atoms with van der Waals surface area (Å²) in [6.45, 7) is 7.60. The summed E-state index contributed by atoms with van der Waals surface area (Å²) in [5, 5.41) is 13.4. The Balaban J connectivity index is 2.28. The number of methoxy groups -OCH3 is 4. The van der Waals surface area contributed by atoms with Crippen LogP contribution in [0.25, 0.3) is 0 Å². The van der Waals surface area contributed by atoms with Crippen LogP contribution >= 0.6 is 0 Å². The van der Waals surface area contributed by atoms with Gasteiger partial charge in [0.2, 0.25) is 0 Å². The minimum atomic E-state index is -0.686. The Bertz CT molecular complexity index is 1120. The van der Waals surface area contributed by atoms with Gasteiger partial charge in [0.15, 0.2) is 23.0 Å². The van der Waals surface area contributed by atoms with E-state index in [9.17, 15) is 10.1 Å². The molecule has 8 heteroatoms. The van der Waals surface area contributed by atoms with Crippen LogP contribution in [0.2, 0.25) is 0 Å². The van der Waals surface area contributed by atoms with Crippen LogP contribution in [0.3, 0.4) is 0 Å². The summed E-state index contributed by atoms with van der Waals surface area (Å²) in [7, 11) is 6.38. The molecule has 2 aromatic rings. The smallest absolute Gasteiger partial charge is 0.407 e. The zero-order valence-corrected chi connectivity index (χ0v) is 24.7. The molecule has 0 bridgehead atoms. The third kappa shape index (κ3) is 8.98. The average Bonchev–Trinajstić information content (AvgIpc) is 2.90. The first-order chi connectivity index (χ1) is 18.5. The van der Waals surface area contributed by atoms with E-state index in [0.717, 1.165) is 24.0 Å². The van der Waals surface area contributed by atoms with Crippen LogP contribution in [0.5, 0.6) is 23.0 Å². The van der Waals surface area contributed by atoms with E-state index >= 15 is 0 Å². The van der Waals surface area contributed by atoms with Gasteiger partial charge in [0.25, 0.3) is 0 Å². The molecule has 0 spiro atoms. The first kappa shape index (κ1) is 31.6. The van der Waals surface area contributed by atoms with Crippen molar-refractivity contribution in [2.24, 2.45) is 0 Å². The number of hydrogen-bond donors (Lipinski definition) is 1. The van der Waals surface area contributed by atoms with Crippen molar-refractivity contribution in [3.05, 3.63) is 47.5 Å². The number of nitriles is 1. The normalized spacial score (nSPS) is 13.4. The van der Waals surface area contributed by atoms with Gasteiger partial charge in [-0.3, -0.25) is 0 Å². The zero-order valence-electron chi connectivity index (χ0n) is 24.7. The highest BCUT2D eigenvalue weighted by atomic mass is 16.6. The average molecular weight is 541 g/mol. The molecular formula is C31H44N2O6. The van der Waals surface area contributed by atoms with Crippen LogP contribution in [0, 0.1) is 11.3 Å². The molecule has 39 heavy (non-hydrogen) atoms. The number of hydrogen-bond acceptors (Lipinski definition) is 7. The lowest BCUT2D eigenvalue weighted by molar-refractivity contribution is 0.0500. The summed E-state index contributed by atoms with van der Waals surface area (Å²) in [6, 6.07) is 13.8. The van der Waals surface area contributed by atoms with E-state index < -0.39 is 17.1 Å². The fourth-order valence-electron chi connectivity index (χ4n) is 4.79. The predicted octanol–water partition coefficient (Wildman–Crippen LogP) is 6.59. The maximum absolute atomic E-state index is 12.7. The Morgan fingerprint density at radius 3 is 2.03 bits per heavy atom. The van der Waals surface area contributed by atoms with Gasteiger partial charge >= 0.3 is 6.09 Å².